The van der Waals surface area contributed by atoms with E-state index >= 15 is 0 Å². The molecule has 5 aromatic rings. The second-order valence-corrected chi connectivity index (χ2v) is 6.96. The average molecular weight is 470 g/mol. The number of pyridine rings is 4. The van der Waals surface area contributed by atoms with Crippen LogP contribution >= 0.6 is 0 Å². The third-order valence-electron chi connectivity index (χ3n) is 4.73. The number of aliphatic carboxylic acids is 1. The highest BCUT2D eigenvalue weighted by atomic mass is 19.4. The van der Waals surface area contributed by atoms with Crippen LogP contribution in [0.3, 0.4) is 0 Å². The van der Waals surface area contributed by atoms with Crippen LogP contribution in [0.5, 0.6) is 0 Å². The maximum Gasteiger partial charge on any atom is 0.490 e. The molecule has 0 bridgehead atoms. The first kappa shape index (κ1) is 22.6. The van der Waals surface area contributed by atoms with Crippen LogP contribution in [0.4, 0.5) is 23.4 Å². The molecule has 172 valence electrons. The number of hydrogen-bond acceptors (Lipinski definition) is 6. The number of anilines is 1. The van der Waals surface area contributed by atoms with Gasteiger partial charge in [-0.2, -0.15) is 13.2 Å². The van der Waals surface area contributed by atoms with Crippen molar-refractivity contribution < 1.29 is 27.5 Å². The van der Waals surface area contributed by atoms with Crippen LogP contribution in [0.1, 0.15) is 0 Å². The number of carbonyl (C=O) groups is 1. The van der Waals surface area contributed by atoms with Crippen molar-refractivity contribution in [2.75, 3.05) is 5.73 Å². The first-order valence-electron chi connectivity index (χ1n) is 9.53. The average Bonchev–Trinajstić information content (AvgIpc) is 3.18. The Morgan fingerprint density at radius 3 is 2.38 bits per heavy atom. The molecule has 0 radical (unpaired) electrons. The van der Waals surface area contributed by atoms with Crippen LogP contribution in [0.25, 0.3) is 44.3 Å². The van der Waals surface area contributed by atoms with Crippen molar-refractivity contribution >= 4 is 33.7 Å². The molecule has 4 N–H and O–H groups in total. The summed E-state index contributed by atoms with van der Waals surface area (Å²) in [4.78, 5) is 29.0. The maximum absolute atomic E-state index is 14.8. The molecule has 0 aliphatic heterocycles. The van der Waals surface area contributed by atoms with E-state index in [4.69, 9.17) is 15.6 Å². The Balaban J connectivity index is 0.000000344. The van der Waals surface area contributed by atoms with Gasteiger partial charge in [0.05, 0.1) is 23.6 Å². The minimum absolute atomic E-state index is 0.381. The number of aromatic nitrogens is 5. The zero-order chi connectivity index (χ0) is 24.5. The molecule has 0 saturated heterocycles. The van der Waals surface area contributed by atoms with Gasteiger partial charge in [0, 0.05) is 46.1 Å². The Hall–Kier alpha value is -4.61. The third kappa shape index (κ3) is 4.46. The lowest BCUT2D eigenvalue weighted by atomic mass is 10.0. The van der Waals surface area contributed by atoms with E-state index in [1.165, 1.54) is 6.20 Å². The van der Waals surface area contributed by atoms with Crippen molar-refractivity contribution in [1.82, 2.24) is 24.9 Å². The van der Waals surface area contributed by atoms with Gasteiger partial charge in [-0.05, 0) is 30.3 Å². The van der Waals surface area contributed by atoms with E-state index in [-0.39, 0.29) is 0 Å². The third-order valence-corrected chi connectivity index (χ3v) is 4.73. The van der Waals surface area contributed by atoms with Gasteiger partial charge in [-0.3, -0.25) is 9.97 Å². The molecule has 0 aliphatic rings. The number of rotatable bonds is 2. The molecule has 0 aliphatic carbocycles. The van der Waals surface area contributed by atoms with E-state index < -0.39 is 18.0 Å². The maximum atomic E-state index is 14.8. The van der Waals surface area contributed by atoms with Gasteiger partial charge < -0.3 is 15.8 Å². The Bertz CT molecular complexity index is 1490. The largest absolute Gasteiger partial charge is 0.490 e. The lowest BCUT2D eigenvalue weighted by Gasteiger charge is -2.06. The smallest absolute Gasteiger partial charge is 0.475 e. The number of fused-ring (bicyclic) bond motifs is 3. The van der Waals surface area contributed by atoms with Crippen molar-refractivity contribution in [3.63, 3.8) is 0 Å². The number of H-pyrrole nitrogens is 1. The number of carboxylic acid groups (broad SMARTS) is 1. The van der Waals surface area contributed by atoms with Gasteiger partial charge in [-0.15, -0.1) is 0 Å². The Morgan fingerprint density at radius 2 is 1.76 bits per heavy atom. The number of nitrogens with zero attached hydrogens (tertiary/aromatic N) is 4. The molecular formula is C22H14F4N6O2. The van der Waals surface area contributed by atoms with Crippen molar-refractivity contribution in [3.8, 4) is 22.4 Å². The molecule has 0 aromatic carbocycles. The highest BCUT2D eigenvalue weighted by Crippen LogP contribution is 2.36. The predicted molar refractivity (Wildman–Crippen MR) is 116 cm³/mol. The highest BCUT2D eigenvalue weighted by molar-refractivity contribution is 6.13. The zero-order valence-electron chi connectivity index (χ0n) is 17.0. The molecule has 12 heteroatoms. The summed E-state index contributed by atoms with van der Waals surface area (Å²) < 4.78 is 46.5. The van der Waals surface area contributed by atoms with Crippen molar-refractivity contribution in [2.24, 2.45) is 0 Å². The standard InChI is InChI=1S/C20H13FN6.C2HF3O2/c21-14-9-26-20-19(18(14)12-3-4-17(22)25-8-12)13-6-15(24-10-16(13)27-20)11-2-1-5-23-7-11;3-2(4,5)1(6)7/h1-10H,(H2,22,25)(H,26,27);(H,6,7). The first-order chi connectivity index (χ1) is 16.1. The Kier molecular flexibility index (Phi) is 5.80. The molecule has 5 heterocycles. The summed E-state index contributed by atoms with van der Waals surface area (Å²) >= 11 is 0. The van der Waals surface area contributed by atoms with Crippen LogP contribution in [0.15, 0.2) is 61.3 Å². The van der Waals surface area contributed by atoms with Gasteiger partial charge in [0.2, 0.25) is 0 Å². The van der Waals surface area contributed by atoms with Gasteiger partial charge in [0.25, 0.3) is 0 Å². The molecule has 8 nitrogen and oxygen atoms in total. The highest BCUT2D eigenvalue weighted by Gasteiger charge is 2.38. The summed E-state index contributed by atoms with van der Waals surface area (Å²) in [5, 5.41) is 8.64. The number of carboxylic acids is 1. The summed E-state index contributed by atoms with van der Waals surface area (Å²) in [6, 6.07) is 9.10. The normalized spacial score (nSPS) is 11.3. The predicted octanol–water partition coefficient (Wildman–Crippen LogP) is 4.59. The van der Waals surface area contributed by atoms with E-state index in [0.717, 1.165) is 22.2 Å². The summed E-state index contributed by atoms with van der Waals surface area (Å²) in [5.41, 5.74) is 9.74. The number of hydrogen-bond donors (Lipinski definition) is 3. The summed E-state index contributed by atoms with van der Waals surface area (Å²) in [6.45, 7) is 0. The van der Waals surface area contributed by atoms with Crippen molar-refractivity contribution in [2.45, 2.75) is 6.18 Å². The number of nitrogens with one attached hydrogen (secondary N) is 1. The summed E-state index contributed by atoms with van der Waals surface area (Å²) in [7, 11) is 0. The quantitative estimate of drug-likeness (QED) is 0.322. The summed E-state index contributed by atoms with van der Waals surface area (Å²) in [6.07, 6.45) is 2.86. The second kappa shape index (κ2) is 8.73. The van der Waals surface area contributed by atoms with Gasteiger partial charge in [0.15, 0.2) is 0 Å². The minimum Gasteiger partial charge on any atom is -0.475 e. The van der Waals surface area contributed by atoms with Crippen LogP contribution in [0, 0.1) is 5.82 Å². The summed E-state index contributed by atoms with van der Waals surface area (Å²) in [5.74, 6) is -2.80. The lowest BCUT2D eigenvalue weighted by molar-refractivity contribution is -0.192. The van der Waals surface area contributed by atoms with Crippen LogP contribution in [-0.4, -0.2) is 42.2 Å². The molecule has 0 spiro atoms. The second-order valence-electron chi connectivity index (χ2n) is 6.96. The monoisotopic (exact) mass is 470 g/mol. The lowest BCUT2D eigenvalue weighted by Crippen LogP contribution is -2.21. The van der Waals surface area contributed by atoms with Gasteiger partial charge in [0.1, 0.15) is 17.3 Å². The van der Waals surface area contributed by atoms with Crippen LogP contribution < -0.4 is 5.73 Å². The molecular weight excluding hydrogens is 456 g/mol. The number of aromatic amines is 1. The zero-order valence-corrected chi connectivity index (χ0v) is 17.0. The van der Waals surface area contributed by atoms with Gasteiger partial charge in [-0.1, -0.05) is 0 Å². The molecule has 0 unspecified atom stereocenters. The molecule has 0 saturated carbocycles. The van der Waals surface area contributed by atoms with Gasteiger partial charge >= 0.3 is 12.1 Å². The fourth-order valence-electron chi connectivity index (χ4n) is 3.24. The Labute approximate surface area is 188 Å². The molecule has 0 amide bonds. The molecule has 34 heavy (non-hydrogen) atoms. The van der Waals surface area contributed by atoms with Gasteiger partial charge in [-0.25, -0.2) is 19.2 Å². The number of alkyl halides is 3. The molecule has 0 fully saturated rings. The fourth-order valence-corrected chi connectivity index (χ4v) is 3.24. The Morgan fingerprint density at radius 1 is 1.00 bits per heavy atom. The van der Waals surface area contributed by atoms with E-state index in [9.17, 15) is 17.6 Å². The topological polar surface area (TPSA) is 131 Å². The fraction of sp³-hybridized carbons (Fsp3) is 0.0455. The minimum atomic E-state index is -5.08. The van der Waals surface area contributed by atoms with E-state index in [1.807, 2.05) is 18.2 Å². The van der Waals surface area contributed by atoms with E-state index in [2.05, 4.69) is 24.9 Å². The van der Waals surface area contributed by atoms with E-state index in [0.29, 0.717) is 28.0 Å². The molecule has 0 atom stereocenters. The molecule has 5 rings (SSSR count). The first-order valence-corrected chi connectivity index (χ1v) is 9.53. The number of nitrogens with two attached hydrogens (primary N) is 1. The van der Waals surface area contributed by atoms with Crippen molar-refractivity contribution in [3.05, 3.63) is 67.1 Å². The molecule has 5 aromatic heterocycles. The SMILES string of the molecule is Nc1ccc(-c2c(F)cnc3[nH]c4cnc(-c5cccnc5)cc4c23)cn1.O=C(O)C(F)(F)F. The number of nitrogen functional groups attached to an aromatic ring is 1. The van der Waals surface area contributed by atoms with E-state index in [1.54, 1.807) is 36.9 Å². The van der Waals surface area contributed by atoms with Crippen LogP contribution in [0.2, 0.25) is 0 Å². The number of halogens is 4. The van der Waals surface area contributed by atoms with Crippen molar-refractivity contribution in [1.29, 1.82) is 0 Å². The van der Waals surface area contributed by atoms with Crippen LogP contribution in [-0.2, 0) is 4.79 Å².